The van der Waals surface area contributed by atoms with E-state index in [2.05, 4.69) is 0 Å². The highest BCUT2D eigenvalue weighted by Gasteiger charge is 2.53. The predicted molar refractivity (Wildman–Crippen MR) is 42.5 cm³/mol. The van der Waals surface area contributed by atoms with Crippen molar-refractivity contribution in [2.24, 2.45) is 0 Å². The highest BCUT2D eigenvalue weighted by molar-refractivity contribution is 5.67. The minimum absolute atomic E-state index is 0.0657. The minimum atomic E-state index is -1.08. The van der Waals surface area contributed by atoms with Gasteiger partial charge in [-0.2, -0.15) is 5.26 Å². The monoisotopic (exact) mass is 179 g/mol. The third-order valence-electron chi connectivity index (χ3n) is 2.30. The lowest BCUT2D eigenvalue weighted by molar-refractivity contribution is -0.154. The van der Waals surface area contributed by atoms with Crippen LogP contribution in [0.4, 0.5) is 0 Å². The third kappa shape index (κ3) is 1.12. The molecule has 0 unspecified atom stereocenters. The average Bonchev–Trinajstić information content (AvgIpc) is 2.62. The number of esters is 1. The molecule has 2 aliphatic rings. The number of hydrogen-bond acceptors (Lipinski definition) is 4. The summed E-state index contributed by atoms with van der Waals surface area (Å²) in [5.74, 6) is -0.439. The Morgan fingerprint density at radius 1 is 1.77 bits per heavy atom. The van der Waals surface area contributed by atoms with Gasteiger partial charge in [0, 0.05) is 13.3 Å². The number of rotatable bonds is 1. The Labute approximate surface area is 75.7 Å². The molecule has 1 saturated heterocycles. The van der Waals surface area contributed by atoms with Crippen molar-refractivity contribution in [1.29, 1.82) is 5.26 Å². The van der Waals surface area contributed by atoms with E-state index in [0.717, 1.165) is 0 Å². The second-order valence-electron chi connectivity index (χ2n) is 3.28. The van der Waals surface area contributed by atoms with Gasteiger partial charge in [-0.3, -0.25) is 4.79 Å². The Morgan fingerprint density at radius 3 is 2.92 bits per heavy atom. The zero-order chi connectivity index (χ0) is 9.47. The van der Waals surface area contributed by atoms with Crippen LogP contribution in [-0.2, 0) is 14.3 Å². The molecule has 0 aromatic carbocycles. The highest BCUT2D eigenvalue weighted by atomic mass is 16.6. The van der Waals surface area contributed by atoms with Crippen LogP contribution in [0.5, 0.6) is 0 Å². The number of nitrogens with zero attached hydrogens (tertiary/aromatic N) is 1. The minimum Gasteiger partial charge on any atom is -0.440 e. The molecule has 0 aromatic heterocycles. The summed E-state index contributed by atoms with van der Waals surface area (Å²) in [6.45, 7) is 1.30. The van der Waals surface area contributed by atoms with Gasteiger partial charge in [-0.1, -0.05) is 12.2 Å². The van der Waals surface area contributed by atoms with E-state index in [-0.39, 0.29) is 12.2 Å². The summed E-state index contributed by atoms with van der Waals surface area (Å²) in [5, 5.41) is 8.95. The predicted octanol–water partition coefficient (Wildman–Crippen LogP) is 0.539. The van der Waals surface area contributed by atoms with Crippen LogP contribution in [0.1, 0.15) is 13.3 Å². The van der Waals surface area contributed by atoms with Crippen molar-refractivity contribution in [3.8, 4) is 6.07 Å². The molecule has 0 aromatic rings. The van der Waals surface area contributed by atoms with Crippen molar-refractivity contribution in [3.05, 3.63) is 12.2 Å². The van der Waals surface area contributed by atoms with Crippen LogP contribution in [0.15, 0.2) is 12.2 Å². The van der Waals surface area contributed by atoms with Crippen molar-refractivity contribution < 1.29 is 14.3 Å². The summed E-state index contributed by atoms with van der Waals surface area (Å²) in [6.07, 6.45) is 3.67. The Kier molecular flexibility index (Phi) is 1.64. The number of carbonyl (C=O) groups excluding carboxylic acids is 1. The zero-order valence-electron chi connectivity index (χ0n) is 7.19. The molecule has 68 valence electrons. The molecular weight excluding hydrogens is 170 g/mol. The van der Waals surface area contributed by atoms with E-state index in [1.807, 2.05) is 12.1 Å². The quantitative estimate of drug-likeness (QED) is 0.435. The maximum atomic E-state index is 10.8. The van der Waals surface area contributed by atoms with E-state index in [1.54, 1.807) is 6.08 Å². The van der Waals surface area contributed by atoms with Crippen molar-refractivity contribution in [2.75, 3.05) is 0 Å². The van der Waals surface area contributed by atoms with Crippen LogP contribution in [0, 0.1) is 11.3 Å². The van der Waals surface area contributed by atoms with Crippen LogP contribution in [-0.4, -0.2) is 23.8 Å². The molecule has 2 rings (SSSR count). The Balaban J connectivity index is 2.24. The lowest BCUT2D eigenvalue weighted by Gasteiger charge is -2.24. The van der Waals surface area contributed by atoms with Gasteiger partial charge in [0.25, 0.3) is 0 Å². The van der Waals surface area contributed by atoms with Gasteiger partial charge in [0.2, 0.25) is 5.60 Å². The average molecular weight is 179 g/mol. The van der Waals surface area contributed by atoms with E-state index < -0.39 is 11.6 Å². The SMILES string of the molecule is CC(=O)O[C@@]1(C#N)C[C@H]2C=C[C@@H]1O2. The molecule has 0 saturated carbocycles. The van der Waals surface area contributed by atoms with Crippen molar-refractivity contribution in [3.63, 3.8) is 0 Å². The standard InChI is InChI=1S/C9H9NO3/c1-6(11)13-9(5-10)4-7-2-3-8(9)12-7/h2-3,7-8H,4H2,1H3/t7-,8+,9-/m1/s1. The molecule has 2 bridgehead atoms. The zero-order valence-corrected chi connectivity index (χ0v) is 7.19. The first-order chi connectivity index (χ1) is 6.16. The Hall–Kier alpha value is -1.34. The lowest BCUT2D eigenvalue weighted by atomic mass is 9.90. The topological polar surface area (TPSA) is 59.3 Å². The van der Waals surface area contributed by atoms with Gasteiger partial charge in [-0.15, -0.1) is 0 Å². The van der Waals surface area contributed by atoms with E-state index >= 15 is 0 Å². The molecule has 2 aliphatic heterocycles. The molecular formula is C9H9NO3. The summed E-state index contributed by atoms with van der Waals surface area (Å²) >= 11 is 0. The molecule has 0 N–H and O–H groups in total. The van der Waals surface area contributed by atoms with E-state index in [0.29, 0.717) is 6.42 Å². The van der Waals surface area contributed by atoms with Crippen LogP contribution in [0.25, 0.3) is 0 Å². The lowest BCUT2D eigenvalue weighted by Crippen LogP contribution is -2.40. The molecule has 1 fully saturated rings. The van der Waals surface area contributed by atoms with Gasteiger partial charge in [0.1, 0.15) is 12.2 Å². The first-order valence-electron chi connectivity index (χ1n) is 4.11. The molecule has 3 atom stereocenters. The van der Waals surface area contributed by atoms with Crippen LogP contribution < -0.4 is 0 Å². The van der Waals surface area contributed by atoms with Gasteiger partial charge in [-0.25, -0.2) is 0 Å². The number of hydrogen-bond donors (Lipinski definition) is 0. The smallest absolute Gasteiger partial charge is 0.304 e. The molecule has 0 aliphatic carbocycles. The van der Waals surface area contributed by atoms with Gasteiger partial charge in [0.05, 0.1) is 6.10 Å². The second-order valence-corrected chi connectivity index (χ2v) is 3.28. The molecule has 0 amide bonds. The summed E-state index contributed by atoms with van der Waals surface area (Å²) in [4.78, 5) is 10.8. The summed E-state index contributed by atoms with van der Waals surface area (Å²) in [5.41, 5.74) is -1.08. The largest absolute Gasteiger partial charge is 0.440 e. The van der Waals surface area contributed by atoms with Gasteiger partial charge < -0.3 is 9.47 Å². The first kappa shape index (κ1) is 8.27. The number of fused-ring (bicyclic) bond motifs is 2. The second kappa shape index (κ2) is 2.57. The van der Waals surface area contributed by atoms with Gasteiger partial charge in [-0.05, 0) is 0 Å². The molecule has 4 heteroatoms. The highest BCUT2D eigenvalue weighted by Crippen LogP contribution is 2.39. The van der Waals surface area contributed by atoms with Crippen molar-refractivity contribution >= 4 is 5.97 Å². The van der Waals surface area contributed by atoms with Crippen LogP contribution >= 0.6 is 0 Å². The number of ether oxygens (including phenoxy) is 2. The maximum Gasteiger partial charge on any atom is 0.304 e. The summed E-state index contributed by atoms with van der Waals surface area (Å²) in [7, 11) is 0. The van der Waals surface area contributed by atoms with E-state index in [1.165, 1.54) is 6.92 Å². The molecule has 13 heavy (non-hydrogen) atoms. The van der Waals surface area contributed by atoms with Crippen LogP contribution in [0.3, 0.4) is 0 Å². The van der Waals surface area contributed by atoms with Crippen molar-refractivity contribution in [1.82, 2.24) is 0 Å². The third-order valence-corrected chi connectivity index (χ3v) is 2.30. The normalized spacial score (nSPS) is 40.3. The fraction of sp³-hybridized carbons (Fsp3) is 0.556. The van der Waals surface area contributed by atoms with Crippen molar-refractivity contribution in [2.45, 2.75) is 31.2 Å². The molecule has 4 nitrogen and oxygen atoms in total. The Morgan fingerprint density at radius 2 is 2.54 bits per heavy atom. The molecule has 2 heterocycles. The summed E-state index contributed by atoms with van der Waals surface area (Å²) in [6, 6.07) is 2.02. The summed E-state index contributed by atoms with van der Waals surface area (Å²) < 4.78 is 10.4. The van der Waals surface area contributed by atoms with Gasteiger partial charge >= 0.3 is 5.97 Å². The number of nitriles is 1. The van der Waals surface area contributed by atoms with Crippen LogP contribution in [0.2, 0.25) is 0 Å². The van der Waals surface area contributed by atoms with E-state index in [4.69, 9.17) is 14.7 Å². The molecule has 0 spiro atoms. The molecule has 0 radical (unpaired) electrons. The van der Waals surface area contributed by atoms with Gasteiger partial charge in [0.15, 0.2) is 0 Å². The number of carbonyl (C=O) groups is 1. The fourth-order valence-electron chi connectivity index (χ4n) is 1.79. The van der Waals surface area contributed by atoms with E-state index in [9.17, 15) is 4.79 Å². The maximum absolute atomic E-state index is 10.8. The Bertz CT molecular complexity index is 317. The fourth-order valence-corrected chi connectivity index (χ4v) is 1.79. The first-order valence-corrected chi connectivity index (χ1v) is 4.11.